The Hall–Kier alpha value is -1.64. The first-order valence-corrected chi connectivity index (χ1v) is 6.94. The maximum atomic E-state index is 12.7. The lowest BCUT2D eigenvalue weighted by Crippen LogP contribution is -2.48. The van der Waals surface area contributed by atoms with Gasteiger partial charge in [0.15, 0.2) is 11.6 Å². The molecule has 0 bridgehead atoms. The Bertz CT molecular complexity index is 556. The molecule has 1 aliphatic rings. The number of phenolic OH excluding ortho intramolecular Hbond substituents is 1. The standard InChI is InChI=1S/C17H22O3/c1-10-6-7-11(18)8-12(10)13-14(19)16(2,3)9-17(4,5)15(13)20/h6-8,13,18H,9H2,1-5H3. The van der Waals surface area contributed by atoms with Crippen LogP contribution in [0.15, 0.2) is 18.2 Å². The van der Waals surface area contributed by atoms with E-state index in [1.165, 1.54) is 0 Å². The molecule has 0 spiro atoms. The van der Waals surface area contributed by atoms with Gasteiger partial charge in [-0.3, -0.25) is 9.59 Å². The summed E-state index contributed by atoms with van der Waals surface area (Å²) in [5, 5.41) is 9.68. The molecular formula is C17H22O3. The van der Waals surface area contributed by atoms with Gasteiger partial charge in [0.25, 0.3) is 0 Å². The summed E-state index contributed by atoms with van der Waals surface area (Å²) in [5.74, 6) is -0.765. The maximum absolute atomic E-state index is 12.7. The number of benzene rings is 1. The Kier molecular flexibility index (Phi) is 3.28. The van der Waals surface area contributed by atoms with E-state index in [2.05, 4.69) is 0 Å². The van der Waals surface area contributed by atoms with Crippen molar-refractivity contribution in [3.8, 4) is 5.75 Å². The number of hydrogen-bond acceptors (Lipinski definition) is 3. The summed E-state index contributed by atoms with van der Waals surface area (Å²) in [5.41, 5.74) is 0.448. The molecule has 2 rings (SSSR count). The SMILES string of the molecule is Cc1ccc(O)cc1C1C(=O)C(C)(C)CC(C)(C)C1=O. The minimum absolute atomic E-state index is 0.0458. The van der Waals surface area contributed by atoms with E-state index in [0.717, 1.165) is 5.56 Å². The predicted molar refractivity (Wildman–Crippen MR) is 77.8 cm³/mol. The highest BCUT2D eigenvalue weighted by molar-refractivity contribution is 6.14. The van der Waals surface area contributed by atoms with Gasteiger partial charge in [-0.2, -0.15) is 0 Å². The highest BCUT2D eigenvalue weighted by atomic mass is 16.3. The highest BCUT2D eigenvalue weighted by Crippen LogP contribution is 2.47. The van der Waals surface area contributed by atoms with E-state index in [-0.39, 0.29) is 17.3 Å². The number of phenols is 1. The molecule has 1 N–H and O–H groups in total. The summed E-state index contributed by atoms with van der Waals surface area (Å²) in [4.78, 5) is 25.4. The molecule has 0 aromatic heterocycles. The Balaban J connectivity index is 2.60. The summed E-state index contributed by atoms with van der Waals surface area (Å²) in [6, 6.07) is 4.88. The normalized spacial score (nSPS) is 22.1. The number of carbonyl (C=O) groups excluding carboxylic acids is 2. The van der Waals surface area contributed by atoms with Gasteiger partial charge in [0.2, 0.25) is 0 Å². The van der Waals surface area contributed by atoms with E-state index in [9.17, 15) is 14.7 Å². The Morgan fingerprint density at radius 2 is 1.55 bits per heavy atom. The molecule has 3 heteroatoms. The first kappa shape index (κ1) is 14.8. The van der Waals surface area contributed by atoms with E-state index >= 15 is 0 Å². The summed E-state index contributed by atoms with van der Waals surface area (Å²) in [7, 11) is 0. The van der Waals surface area contributed by atoms with Crippen LogP contribution in [0.25, 0.3) is 0 Å². The summed E-state index contributed by atoms with van der Waals surface area (Å²) in [6.45, 7) is 9.45. The number of hydrogen-bond donors (Lipinski definition) is 1. The fourth-order valence-corrected chi connectivity index (χ4v) is 3.40. The summed E-state index contributed by atoms with van der Waals surface area (Å²) >= 11 is 0. The topological polar surface area (TPSA) is 54.4 Å². The number of rotatable bonds is 1. The van der Waals surface area contributed by atoms with E-state index in [4.69, 9.17) is 0 Å². The molecule has 0 heterocycles. The van der Waals surface area contributed by atoms with Gasteiger partial charge < -0.3 is 5.11 Å². The third-order valence-electron chi connectivity index (χ3n) is 4.32. The van der Waals surface area contributed by atoms with Crippen LogP contribution in [0.3, 0.4) is 0 Å². The van der Waals surface area contributed by atoms with Crippen molar-refractivity contribution in [3.05, 3.63) is 29.3 Å². The van der Waals surface area contributed by atoms with Gasteiger partial charge in [0.05, 0.1) is 0 Å². The van der Waals surface area contributed by atoms with Gasteiger partial charge in [-0.25, -0.2) is 0 Å². The third kappa shape index (κ3) is 2.26. The number of aryl methyl sites for hydroxylation is 1. The molecular weight excluding hydrogens is 252 g/mol. The monoisotopic (exact) mass is 274 g/mol. The first-order chi connectivity index (χ1) is 9.06. The van der Waals surface area contributed by atoms with Crippen molar-refractivity contribution in [2.24, 2.45) is 10.8 Å². The maximum Gasteiger partial charge on any atom is 0.153 e. The molecule has 0 amide bonds. The van der Waals surface area contributed by atoms with E-state index in [1.54, 1.807) is 18.2 Å². The molecule has 0 saturated heterocycles. The van der Waals surface area contributed by atoms with Gasteiger partial charge in [-0.05, 0) is 36.6 Å². The highest BCUT2D eigenvalue weighted by Gasteiger charge is 2.51. The molecule has 20 heavy (non-hydrogen) atoms. The van der Waals surface area contributed by atoms with Crippen LogP contribution < -0.4 is 0 Å². The summed E-state index contributed by atoms with van der Waals surface area (Å²) in [6.07, 6.45) is 0.562. The number of carbonyl (C=O) groups is 2. The lowest BCUT2D eigenvalue weighted by atomic mass is 9.58. The second-order valence-electron chi connectivity index (χ2n) is 7.15. The van der Waals surface area contributed by atoms with Gasteiger partial charge in [0.1, 0.15) is 11.7 Å². The average Bonchev–Trinajstić information content (AvgIpc) is 2.30. The van der Waals surface area contributed by atoms with Gasteiger partial charge in [-0.1, -0.05) is 33.8 Å². The minimum Gasteiger partial charge on any atom is -0.508 e. The van der Waals surface area contributed by atoms with E-state index in [0.29, 0.717) is 12.0 Å². The zero-order valence-electron chi connectivity index (χ0n) is 12.8. The van der Waals surface area contributed by atoms with Crippen molar-refractivity contribution >= 4 is 11.6 Å². The number of Topliss-reactive ketones (excluding diaryl/α,β-unsaturated/α-hetero) is 2. The van der Waals surface area contributed by atoms with Crippen molar-refractivity contribution in [3.63, 3.8) is 0 Å². The van der Waals surface area contributed by atoms with E-state index in [1.807, 2.05) is 34.6 Å². The first-order valence-electron chi connectivity index (χ1n) is 6.94. The minimum atomic E-state index is -0.763. The van der Waals surface area contributed by atoms with Crippen LogP contribution in [-0.4, -0.2) is 16.7 Å². The molecule has 0 atom stereocenters. The van der Waals surface area contributed by atoms with Crippen LogP contribution in [0.2, 0.25) is 0 Å². The van der Waals surface area contributed by atoms with Crippen LogP contribution in [0, 0.1) is 17.8 Å². The molecule has 1 fully saturated rings. The van der Waals surface area contributed by atoms with Crippen molar-refractivity contribution < 1.29 is 14.7 Å². The van der Waals surface area contributed by atoms with Crippen LogP contribution in [0.4, 0.5) is 0 Å². The molecule has 0 radical (unpaired) electrons. The molecule has 0 unspecified atom stereocenters. The molecule has 1 aromatic carbocycles. The van der Waals surface area contributed by atoms with Crippen LogP contribution in [0.1, 0.15) is 51.2 Å². The number of aromatic hydroxyl groups is 1. The fourth-order valence-electron chi connectivity index (χ4n) is 3.40. The Morgan fingerprint density at radius 1 is 1.05 bits per heavy atom. The zero-order valence-corrected chi connectivity index (χ0v) is 12.8. The molecule has 108 valence electrons. The van der Waals surface area contributed by atoms with Crippen molar-refractivity contribution in [2.75, 3.05) is 0 Å². The second kappa shape index (κ2) is 4.44. The molecule has 1 saturated carbocycles. The molecule has 1 aliphatic carbocycles. The van der Waals surface area contributed by atoms with E-state index < -0.39 is 16.7 Å². The quantitative estimate of drug-likeness (QED) is 0.799. The fraction of sp³-hybridized carbons (Fsp3) is 0.529. The lowest BCUT2D eigenvalue weighted by molar-refractivity contribution is -0.146. The van der Waals surface area contributed by atoms with Gasteiger partial charge >= 0.3 is 0 Å². The molecule has 1 aromatic rings. The van der Waals surface area contributed by atoms with Gasteiger partial charge in [0, 0.05) is 10.8 Å². The second-order valence-corrected chi connectivity index (χ2v) is 7.15. The Morgan fingerprint density at radius 3 is 2.05 bits per heavy atom. The van der Waals surface area contributed by atoms with Crippen LogP contribution >= 0.6 is 0 Å². The van der Waals surface area contributed by atoms with Crippen molar-refractivity contribution in [2.45, 2.75) is 47.0 Å². The third-order valence-corrected chi connectivity index (χ3v) is 4.32. The van der Waals surface area contributed by atoms with Crippen molar-refractivity contribution in [1.29, 1.82) is 0 Å². The average molecular weight is 274 g/mol. The number of ketones is 2. The van der Waals surface area contributed by atoms with Crippen molar-refractivity contribution in [1.82, 2.24) is 0 Å². The molecule has 3 nitrogen and oxygen atoms in total. The zero-order chi connectivity index (χ0) is 15.3. The van der Waals surface area contributed by atoms with Gasteiger partial charge in [-0.15, -0.1) is 0 Å². The molecule has 0 aliphatic heterocycles. The lowest BCUT2D eigenvalue weighted by Gasteiger charge is -2.42. The smallest absolute Gasteiger partial charge is 0.153 e. The largest absolute Gasteiger partial charge is 0.508 e. The predicted octanol–water partition coefficient (Wildman–Crippen LogP) is 3.38. The Labute approximate surface area is 120 Å². The van der Waals surface area contributed by atoms with Crippen LogP contribution in [0.5, 0.6) is 5.75 Å². The summed E-state index contributed by atoms with van der Waals surface area (Å²) < 4.78 is 0. The van der Waals surface area contributed by atoms with Crippen LogP contribution in [-0.2, 0) is 9.59 Å².